The second-order valence-corrected chi connectivity index (χ2v) is 10.2. The minimum absolute atomic E-state index is 0.210. The molecule has 2 aromatic carbocycles. The number of nitrogens with one attached hydrogen (secondary N) is 1. The first-order chi connectivity index (χ1) is 17.5. The maximum absolute atomic E-state index is 13.1. The standard InChI is InChI=1S/C27H30N6O2S/c1-18-14-33(17-30-18)23-11-19(15-32-9-3-4-21(28)16-32)10-22(12-23)31-26(34)27-29-13-25(36-27)20-5-7-24(35-2)8-6-20/h5-8,10-14,17,21H,3-4,9,15-16,28H2,1-2H3,(H,31,34). The molecule has 1 atom stereocenters. The summed E-state index contributed by atoms with van der Waals surface area (Å²) in [4.78, 5) is 25.2. The number of nitrogens with zero attached hydrogens (tertiary/aromatic N) is 4. The number of likely N-dealkylation sites (tertiary alicyclic amines) is 1. The fourth-order valence-corrected chi connectivity index (χ4v) is 5.31. The highest BCUT2D eigenvalue weighted by Crippen LogP contribution is 2.29. The van der Waals surface area contributed by atoms with Gasteiger partial charge in [-0.1, -0.05) is 0 Å². The number of ether oxygens (including phenoxy) is 1. The number of hydrogen-bond donors (Lipinski definition) is 2. The Hall–Kier alpha value is -3.53. The monoisotopic (exact) mass is 502 g/mol. The van der Waals surface area contributed by atoms with Gasteiger partial charge in [-0.05, 0) is 79.9 Å². The summed E-state index contributed by atoms with van der Waals surface area (Å²) in [6.45, 7) is 4.64. The van der Waals surface area contributed by atoms with Crippen LogP contribution in [-0.2, 0) is 6.54 Å². The third kappa shape index (κ3) is 5.64. The summed E-state index contributed by atoms with van der Waals surface area (Å²) in [5.74, 6) is 0.557. The van der Waals surface area contributed by atoms with E-state index in [0.717, 1.165) is 71.3 Å². The lowest BCUT2D eigenvalue weighted by Gasteiger charge is -2.30. The summed E-state index contributed by atoms with van der Waals surface area (Å²) >= 11 is 1.36. The van der Waals surface area contributed by atoms with Crippen molar-refractivity contribution in [2.75, 3.05) is 25.5 Å². The highest BCUT2D eigenvalue weighted by Gasteiger charge is 2.18. The summed E-state index contributed by atoms with van der Waals surface area (Å²) < 4.78 is 7.20. The molecule has 3 N–H and O–H groups in total. The van der Waals surface area contributed by atoms with Gasteiger partial charge in [0.1, 0.15) is 5.75 Å². The molecule has 186 valence electrons. The van der Waals surface area contributed by atoms with Crippen LogP contribution in [0, 0.1) is 6.92 Å². The summed E-state index contributed by atoms with van der Waals surface area (Å²) in [7, 11) is 1.64. The largest absolute Gasteiger partial charge is 0.497 e. The normalized spacial score (nSPS) is 16.1. The van der Waals surface area contributed by atoms with Crippen LogP contribution in [0.15, 0.2) is 61.2 Å². The number of hydrogen-bond acceptors (Lipinski definition) is 7. The minimum atomic E-state index is -0.232. The van der Waals surface area contributed by atoms with Gasteiger partial charge >= 0.3 is 0 Å². The Morgan fingerprint density at radius 2 is 2.06 bits per heavy atom. The fourth-order valence-electron chi connectivity index (χ4n) is 4.49. The zero-order valence-corrected chi connectivity index (χ0v) is 21.3. The van der Waals surface area contributed by atoms with Crippen molar-refractivity contribution in [1.29, 1.82) is 0 Å². The zero-order chi connectivity index (χ0) is 25.1. The number of aryl methyl sites for hydroxylation is 1. The van der Waals surface area contributed by atoms with E-state index in [2.05, 4.69) is 26.3 Å². The summed E-state index contributed by atoms with van der Waals surface area (Å²) in [6, 6.07) is 14.1. The second kappa shape index (κ2) is 10.6. The van der Waals surface area contributed by atoms with Crippen molar-refractivity contribution < 1.29 is 9.53 Å². The molecule has 8 nitrogen and oxygen atoms in total. The van der Waals surface area contributed by atoms with Gasteiger partial charge < -0.3 is 20.4 Å². The van der Waals surface area contributed by atoms with Crippen LogP contribution in [0.2, 0.25) is 0 Å². The highest BCUT2D eigenvalue weighted by molar-refractivity contribution is 7.17. The van der Waals surface area contributed by atoms with Crippen LogP contribution in [0.25, 0.3) is 16.1 Å². The number of carbonyl (C=O) groups is 1. The van der Waals surface area contributed by atoms with Crippen LogP contribution in [0.3, 0.4) is 0 Å². The number of imidazole rings is 1. The third-order valence-corrected chi connectivity index (χ3v) is 7.31. The SMILES string of the molecule is COc1ccc(-c2cnc(C(=O)Nc3cc(CN4CCCC(N)C4)cc(-n4cnc(C)c4)c3)s2)cc1. The van der Waals surface area contributed by atoms with E-state index in [0.29, 0.717) is 5.01 Å². The molecule has 1 aliphatic rings. The van der Waals surface area contributed by atoms with Gasteiger partial charge in [0.15, 0.2) is 5.01 Å². The maximum Gasteiger partial charge on any atom is 0.284 e. The Bertz CT molecular complexity index is 1350. The molecule has 0 bridgehead atoms. The molecule has 2 aromatic heterocycles. The quantitative estimate of drug-likeness (QED) is 0.386. The Kier molecular flexibility index (Phi) is 7.13. The van der Waals surface area contributed by atoms with Crippen LogP contribution in [0.1, 0.15) is 33.9 Å². The smallest absolute Gasteiger partial charge is 0.284 e. The molecule has 0 saturated carbocycles. The van der Waals surface area contributed by atoms with E-state index >= 15 is 0 Å². The topological polar surface area (TPSA) is 98.3 Å². The molecule has 0 radical (unpaired) electrons. The molecule has 3 heterocycles. The molecule has 1 amide bonds. The third-order valence-electron chi connectivity index (χ3n) is 6.27. The van der Waals surface area contributed by atoms with Gasteiger partial charge in [-0.15, -0.1) is 11.3 Å². The number of thiazole rings is 1. The van der Waals surface area contributed by atoms with Crippen LogP contribution >= 0.6 is 11.3 Å². The van der Waals surface area contributed by atoms with Crippen molar-refractivity contribution in [3.05, 3.63) is 77.5 Å². The molecular formula is C27H30N6O2S. The van der Waals surface area contributed by atoms with E-state index in [1.807, 2.05) is 54.1 Å². The fraction of sp³-hybridized carbons (Fsp3) is 0.296. The number of anilines is 1. The maximum atomic E-state index is 13.1. The lowest BCUT2D eigenvalue weighted by atomic mass is 10.1. The van der Waals surface area contributed by atoms with E-state index in [9.17, 15) is 4.79 Å². The Balaban J connectivity index is 1.37. The molecule has 1 unspecified atom stereocenters. The number of nitrogens with two attached hydrogens (primary N) is 1. The molecule has 1 saturated heterocycles. The van der Waals surface area contributed by atoms with Gasteiger partial charge in [-0.25, -0.2) is 9.97 Å². The van der Waals surface area contributed by atoms with Gasteiger partial charge in [0, 0.05) is 42.9 Å². The van der Waals surface area contributed by atoms with Crippen LogP contribution < -0.4 is 15.8 Å². The van der Waals surface area contributed by atoms with Gasteiger partial charge in [0.25, 0.3) is 5.91 Å². The van der Waals surface area contributed by atoms with Crippen molar-refractivity contribution in [2.45, 2.75) is 32.4 Å². The molecule has 4 aromatic rings. The Morgan fingerprint density at radius 3 is 2.78 bits per heavy atom. The lowest BCUT2D eigenvalue weighted by molar-refractivity contribution is 0.102. The molecule has 9 heteroatoms. The number of carbonyl (C=O) groups excluding carboxylic acids is 1. The van der Waals surface area contributed by atoms with E-state index < -0.39 is 0 Å². The van der Waals surface area contributed by atoms with Crippen LogP contribution in [0.5, 0.6) is 5.75 Å². The number of rotatable bonds is 7. The van der Waals surface area contributed by atoms with Crippen molar-refractivity contribution in [1.82, 2.24) is 19.4 Å². The number of amides is 1. The number of methoxy groups -OCH3 is 1. The number of benzene rings is 2. The summed E-state index contributed by atoms with van der Waals surface area (Å²) in [5.41, 5.74) is 10.9. The molecule has 36 heavy (non-hydrogen) atoms. The van der Waals surface area contributed by atoms with Crippen LogP contribution in [0.4, 0.5) is 5.69 Å². The average molecular weight is 503 g/mol. The first-order valence-corrected chi connectivity index (χ1v) is 12.8. The second-order valence-electron chi connectivity index (χ2n) is 9.16. The van der Waals surface area contributed by atoms with Crippen molar-refractivity contribution in [2.24, 2.45) is 5.73 Å². The molecule has 1 fully saturated rings. The van der Waals surface area contributed by atoms with Crippen molar-refractivity contribution >= 4 is 22.9 Å². The Morgan fingerprint density at radius 1 is 1.22 bits per heavy atom. The van der Waals surface area contributed by atoms with E-state index in [1.54, 1.807) is 19.6 Å². The first kappa shape index (κ1) is 24.2. The minimum Gasteiger partial charge on any atom is -0.497 e. The van der Waals surface area contributed by atoms with Gasteiger partial charge in [-0.3, -0.25) is 9.69 Å². The van der Waals surface area contributed by atoms with E-state index in [4.69, 9.17) is 10.5 Å². The van der Waals surface area contributed by atoms with Gasteiger partial charge in [-0.2, -0.15) is 0 Å². The van der Waals surface area contributed by atoms with Gasteiger partial charge in [0.2, 0.25) is 0 Å². The number of aromatic nitrogens is 3. The molecule has 1 aliphatic heterocycles. The lowest BCUT2D eigenvalue weighted by Crippen LogP contribution is -2.42. The highest BCUT2D eigenvalue weighted by atomic mass is 32.1. The van der Waals surface area contributed by atoms with E-state index in [-0.39, 0.29) is 11.9 Å². The number of piperidine rings is 1. The van der Waals surface area contributed by atoms with Crippen LogP contribution in [-0.4, -0.2) is 51.6 Å². The predicted molar refractivity (Wildman–Crippen MR) is 143 cm³/mol. The van der Waals surface area contributed by atoms with Crippen molar-refractivity contribution in [3.8, 4) is 21.9 Å². The summed E-state index contributed by atoms with van der Waals surface area (Å²) in [5, 5.41) is 3.47. The average Bonchev–Trinajstić information content (AvgIpc) is 3.54. The Labute approximate surface area is 214 Å². The summed E-state index contributed by atoms with van der Waals surface area (Å²) in [6.07, 6.45) is 7.67. The van der Waals surface area contributed by atoms with Crippen molar-refractivity contribution in [3.63, 3.8) is 0 Å². The predicted octanol–water partition coefficient (Wildman–Crippen LogP) is 4.49. The molecule has 0 spiro atoms. The molecule has 5 rings (SSSR count). The zero-order valence-electron chi connectivity index (χ0n) is 20.5. The van der Waals surface area contributed by atoms with E-state index in [1.165, 1.54) is 11.3 Å². The molecule has 0 aliphatic carbocycles. The van der Waals surface area contributed by atoms with Gasteiger partial charge in [0.05, 0.1) is 24.0 Å². The molecular weight excluding hydrogens is 472 g/mol. The first-order valence-electron chi connectivity index (χ1n) is 12.0.